The molecule has 9 rings (SSSR count). The second-order valence-electron chi connectivity index (χ2n) is 17.4. The zero-order chi connectivity index (χ0) is 50.2. The van der Waals surface area contributed by atoms with E-state index in [1.807, 2.05) is 152 Å². The largest absolute Gasteiger partial charge is 0.448 e. The second kappa shape index (κ2) is 22.1. The Bertz CT molecular complexity index is 2960. The summed E-state index contributed by atoms with van der Waals surface area (Å²) in [6.07, 6.45) is 0.280. The Labute approximate surface area is 432 Å². The van der Waals surface area contributed by atoms with Gasteiger partial charge in [0, 0.05) is 39.8 Å². The Morgan fingerprint density at radius 1 is 0.806 bits per heavy atom. The summed E-state index contributed by atoms with van der Waals surface area (Å²) in [7, 11) is 1.78. The van der Waals surface area contributed by atoms with Crippen LogP contribution >= 0.6 is 46.6 Å². The fourth-order valence-electron chi connectivity index (χ4n) is 8.03. The Kier molecular flexibility index (Phi) is 15.3. The lowest BCUT2D eigenvalue weighted by molar-refractivity contribution is -0.154. The molecule has 7 aromatic rings. The number of thioether (sulfide) groups is 3. The Morgan fingerprint density at radius 3 is 1.89 bits per heavy atom. The van der Waals surface area contributed by atoms with Gasteiger partial charge in [-0.25, -0.2) is 14.6 Å². The van der Waals surface area contributed by atoms with Crippen molar-refractivity contribution in [3.63, 3.8) is 0 Å². The normalized spacial score (nSPS) is 15.9. The smallest absolute Gasteiger partial charge is 0.413 e. The lowest BCUT2D eigenvalue weighted by atomic mass is 9.80. The van der Waals surface area contributed by atoms with Gasteiger partial charge in [-0.2, -0.15) is 0 Å². The van der Waals surface area contributed by atoms with E-state index in [-0.39, 0.29) is 22.2 Å². The first-order valence-electron chi connectivity index (χ1n) is 22.7. The van der Waals surface area contributed by atoms with Crippen molar-refractivity contribution in [1.82, 2.24) is 30.2 Å². The van der Waals surface area contributed by atoms with Gasteiger partial charge in [0.1, 0.15) is 33.4 Å². The van der Waals surface area contributed by atoms with E-state index in [0.717, 1.165) is 39.2 Å². The van der Waals surface area contributed by atoms with Crippen LogP contribution in [0.5, 0.6) is 0 Å². The van der Waals surface area contributed by atoms with Crippen molar-refractivity contribution >= 4 is 81.3 Å². The van der Waals surface area contributed by atoms with Gasteiger partial charge in [0.25, 0.3) is 11.8 Å². The van der Waals surface area contributed by atoms with Crippen LogP contribution in [-0.2, 0) is 41.3 Å². The lowest BCUT2D eigenvalue weighted by Gasteiger charge is -2.49. The molecule has 15 nitrogen and oxygen atoms in total. The number of β-lactam (4-membered cyclic amide) rings is 1. The minimum absolute atomic E-state index is 0.0582. The van der Waals surface area contributed by atoms with Gasteiger partial charge in [0.2, 0.25) is 5.60 Å². The molecule has 0 spiro atoms. The number of nitrogens with zero attached hydrogens (tertiary/aromatic N) is 6. The van der Waals surface area contributed by atoms with Gasteiger partial charge in [0.15, 0.2) is 16.9 Å². The van der Waals surface area contributed by atoms with Crippen molar-refractivity contribution < 1.29 is 33.5 Å². The molecule has 0 unspecified atom stereocenters. The van der Waals surface area contributed by atoms with Crippen molar-refractivity contribution in [1.29, 1.82) is 0 Å². The molecule has 2 N–H and O–H groups in total. The number of anilines is 1. The average molecular weight is 1040 g/mol. The monoisotopic (exact) mass is 1040 g/mol. The van der Waals surface area contributed by atoms with Crippen LogP contribution in [0.4, 0.5) is 9.93 Å². The number of nitrogens with one attached hydrogen (secondary N) is 2. The maximum absolute atomic E-state index is 15.0. The van der Waals surface area contributed by atoms with Gasteiger partial charge in [-0.15, -0.1) is 40.0 Å². The third-order valence-electron chi connectivity index (χ3n) is 11.2. The zero-order valence-corrected chi connectivity index (χ0v) is 42.7. The molecule has 2 aliphatic heterocycles. The minimum Gasteiger partial charge on any atom is -0.448 e. The summed E-state index contributed by atoms with van der Waals surface area (Å²) in [6, 6.07) is 46.3. The van der Waals surface area contributed by atoms with E-state index in [9.17, 15) is 19.2 Å². The van der Waals surface area contributed by atoms with E-state index >= 15 is 0 Å². The molecule has 1 saturated heterocycles. The predicted octanol–water partition coefficient (Wildman–Crippen LogP) is 9.76. The highest BCUT2D eigenvalue weighted by Gasteiger charge is 2.55. The van der Waals surface area contributed by atoms with Crippen molar-refractivity contribution in [2.24, 2.45) is 12.2 Å². The molecular weight excluding hydrogens is 989 g/mol. The Balaban J connectivity index is 1.05. The van der Waals surface area contributed by atoms with Gasteiger partial charge in [0.05, 0.1) is 11.3 Å². The number of ether oxygens (including phenoxy) is 2. The number of rotatable bonds is 17. The topological polar surface area (TPSA) is 179 Å². The average Bonchev–Trinajstić information content (AvgIpc) is 4.04. The van der Waals surface area contributed by atoms with Gasteiger partial charge in [-0.05, 0) is 31.9 Å². The molecular formula is C53H48N8O7S4. The molecule has 0 bridgehead atoms. The Morgan fingerprint density at radius 2 is 1.36 bits per heavy atom. The summed E-state index contributed by atoms with van der Waals surface area (Å²) < 4.78 is 13.5. The maximum Gasteiger partial charge on any atom is 0.413 e. The number of hydrogen-bond donors (Lipinski definition) is 2. The van der Waals surface area contributed by atoms with Gasteiger partial charge in [-0.1, -0.05) is 174 Å². The standard InChI is InChI=1S/C53H48N8O7S4/c1-52(2,3)67-51(65)56-50-54-39(31-70-50)42(58-68-53(36-24-14-7-15-25-36,37-26-16-8-17-27-37)38-28-18-9-19-29-38)46(62)55-43-47(63)61-44(40(32-69-48(43)61)71-33-72-41-30-60(4)59-57-41)49(64)66-45(34-20-10-5-11-21-34)35-22-12-6-13-23-35/h5-31,43,45,48H,32-33H2,1-4H3,(H,55,62)(H,54,56,65)/t43-,48+/m1/s1. The first-order chi connectivity index (χ1) is 34.9. The number of amides is 3. The van der Waals surface area contributed by atoms with Gasteiger partial charge < -0.3 is 19.6 Å². The summed E-state index contributed by atoms with van der Waals surface area (Å²) in [4.78, 5) is 70.7. The molecule has 4 heterocycles. The summed E-state index contributed by atoms with van der Waals surface area (Å²) in [5, 5.41) is 20.6. The van der Waals surface area contributed by atoms with E-state index in [1.54, 1.807) is 44.1 Å². The number of aromatic nitrogens is 4. The summed E-state index contributed by atoms with van der Waals surface area (Å²) in [5.41, 5.74) is 1.38. The van der Waals surface area contributed by atoms with E-state index in [4.69, 9.17) is 14.3 Å². The molecule has 2 aliphatic rings. The van der Waals surface area contributed by atoms with Crippen LogP contribution in [0.15, 0.2) is 184 Å². The van der Waals surface area contributed by atoms with Crippen molar-refractivity contribution in [2.45, 2.75) is 54.5 Å². The summed E-state index contributed by atoms with van der Waals surface area (Å²) >= 11 is 5.32. The molecule has 0 saturated carbocycles. The number of fused-ring (bicyclic) bond motifs is 1. The third-order valence-corrected chi connectivity index (χ3v) is 15.6. The highest BCUT2D eigenvalue weighted by molar-refractivity contribution is 8.18. The quantitative estimate of drug-likeness (QED) is 0.0168. The fraction of sp³-hybridized carbons (Fsp3) is 0.208. The van der Waals surface area contributed by atoms with Gasteiger partial charge in [-0.3, -0.25) is 24.5 Å². The first-order valence-corrected chi connectivity index (χ1v) is 26.6. The predicted molar refractivity (Wildman–Crippen MR) is 281 cm³/mol. The van der Waals surface area contributed by atoms with Crippen LogP contribution in [0.25, 0.3) is 0 Å². The van der Waals surface area contributed by atoms with Crippen molar-refractivity contribution in [3.05, 3.63) is 207 Å². The number of carbonyl (C=O) groups excluding carboxylic acids is 4. The molecule has 5 aromatic carbocycles. The molecule has 0 aliphatic carbocycles. The molecule has 1 fully saturated rings. The van der Waals surface area contributed by atoms with Crippen LogP contribution in [0.2, 0.25) is 0 Å². The van der Waals surface area contributed by atoms with Crippen LogP contribution in [0, 0.1) is 0 Å². The molecule has 2 aromatic heterocycles. The summed E-state index contributed by atoms with van der Waals surface area (Å²) in [5.74, 6) is -1.67. The van der Waals surface area contributed by atoms with Crippen LogP contribution in [0.3, 0.4) is 0 Å². The molecule has 2 atom stereocenters. The van der Waals surface area contributed by atoms with Crippen LogP contribution in [-0.4, -0.2) is 82.3 Å². The fourth-order valence-corrected chi connectivity index (χ4v) is 12.4. The van der Waals surface area contributed by atoms with Crippen LogP contribution < -0.4 is 10.6 Å². The second-order valence-corrected chi connectivity index (χ2v) is 21.7. The lowest BCUT2D eigenvalue weighted by Crippen LogP contribution is -2.71. The molecule has 0 radical (unpaired) electrons. The number of aryl methyl sites for hydroxylation is 1. The van der Waals surface area contributed by atoms with Crippen molar-refractivity contribution in [3.8, 4) is 0 Å². The molecule has 366 valence electrons. The van der Waals surface area contributed by atoms with E-state index in [1.165, 1.54) is 40.2 Å². The Hall–Kier alpha value is -7.19. The van der Waals surface area contributed by atoms with Gasteiger partial charge >= 0.3 is 12.1 Å². The number of benzene rings is 5. The number of hydrogen-bond acceptors (Lipinski definition) is 15. The highest BCUT2D eigenvalue weighted by Crippen LogP contribution is 2.46. The van der Waals surface area contributed by atoms with E-state index < -0.39 is 52.6 Å². The molecule has 19 heteroatoms. The minimum atomic E-state index is -1.39. The van der Waals surface area contributed by atoms with E-state index in [0.29, 0.717) is 20.8 Å². The molecule has 72 heavy (non-hydrogen) atoms. The SMILES string of the molecule is Cn1cc(SCSC2=C(C(=O)OC(c3ccccc3)c3ccccc3)N3C(=O)[C@@H](NC(=O)C(=NOC(c4ccccc4)(c4ccccc4)c4ccccc4)c4csc(NC(=O)OC(C)(C)C)n4)[C@@H]3SC2)nn1. The number of oxime groups is 1. The first kappa shape index (κ1) is 49.8. The third kappa shape index (κ3) is 11.1. The maximum atomic E-state index is 15.0. The zero-order valence-electron chi connectivity index (χ0n) is 39.4. The van der Waals surface area contributed by atoms with E-state index in [2.05, 4.69) is 31.1 Å². The molecule has 3 amide bonds. The summed E-state index contributed by atoms with van der Waals surface area (Å²) in [6.45, 7) is 5.23. The van der Waals surface area contributed by atoms with Crippen molar-refractivity contribution in [2.75, 3.05) is 16.2 Å². The number of carbonyl (C=O) groups is 4. The number of thiazole rings is 1. The van der Waals surface area contributed by atoms with Crippen LogP contribution in [0.1, 0.15) is 60.4 Å². The highest BCUT2D eigenvalue weighted by atomic mass is 32.2. The number of esters is 1.